The average Bonchev–Trinajstić information content (AvgIpc) is 2.33. The van der Waals surface area contributed by atoms with E-state index in [2.05, 4.69) is 0 Å². The lowest BCUT2D eigenvalue weighted by Crippen LogP contribution is -2.25. The summed E-state index contributed by atoms with van der Waals surface area (Å²) in [6.07, 6.45) is -0.544. The van der Waals surface area contributed by atoms with E-state index in [4.69, 9.17) is 9.47 Å². The van der Waals surface area contributed by atoms with E-state index < -0.39 is 11.7 Å². The van der Waals surface area contributed by atoms with Crippen molar-refractivity contribution < 1.29 is 19.7 Å². The van der Waals surface area contributed by atoms with Gasteiger partial charge in [0.1, 0.15) is 18.5 Å². The van der Waals surface area contributed by atoms with Gasteiger partial charge >= 0.3 is 0 Å². The molecular formula is C15H24O4. The van der Waals surface area contributed by atoms with Crippen molar-refractivity contribution in [2.75, 3.05) is 13.2 Å². The molecule has 0 aliphatic rings. The molecule has 1 rings (SSSR count). The third-order valence-corrected chi connectivity index (χ3v) is 2.63. The first-order valence-corrected chi connectivity index (χ1v) is 6.54. The molecule has 0 bridgehead atoms. The van der Waals surface area contributed by atoms with Gasteiger partial charge in [-0.2, -0.15) is 0 Å². The molecule has 0 amide bonds. The second kappa shape index (κ2) is 6.89. The fourth-order valence-corrected chi connectivity index (χ4v) is 1.50. The van der Waals surface area contributed by atoms with Crippen LogP contribution in [0.4, 0.5) is 0 Å². The summed E-state index contributed by atoms with van der Waals surface area (Å²) in [7, 11) is 0. The van der Waals surface area contributed by atoms with Crippen LogP contribution >= 0.6 is 0 Å². The molecule has 0 saturated carbocycles. The maximum absolute atomic E-state index is 9.82. The number of aliphatic hydroxyl groups excluding tert-OH is 1. The maximum Gasteiger partial charge on any atom is 0.119 e. The van der Waals surface area contributed by atoms with E-state index in [1.165, 1.54) is 0 Å². The number of aliphatic hydroxyl groups is 2. The predicted molar refractivity (Wildman–Crippen MR) is 74.3 cm³/mol. The summed E-state index contributed by atoms with van der Waals surface area (Å²) in [6.45, 7) is 7.76. The lowest BCUT2D eigenvalue weighted by molar-refractivity contribution is -0.0123. The minimum absolute atomic E-state index is 0.0979. The third-order valence-electron chi connectivity index (χ3n) is 2.63. The zero-order valence-corrected chi connectivity index (χ0v) is 12.1. The van der Waals surface area contributed by atoms with Crippen molar-refractivity contribution >= 4 is 0 Å². The maximum atomic E-state index is 9.82. The Balaban J connectivity index is 2.42. The van der Waals surface area contributed by atoms with E-state index in [-0.39, 0.29) is 19.3 Å². The minimum atomic E-state index is -0.858. The van der Waals surface area contributed by atoms with E-state index in [1.54, 1.807) is 26.0 Å². The van der Waals surface area contributed by atoms with Gasteiger partial charge in [-0.05, 0) is 45.4 Å². The normalized spacial score (nSPS) is 13.6. The molecule has 0 saturated heterocycles. The second-order valence-corrected chi connectivity index (χ2v) is 5.43. The Morgan fingerprint density at radius 1 is 1.11 bits per heavy atom. The molecule has 0 spiro atoms. The van der Waals surface area contributed by atoms with Crippen LogP contribution in [-0.4, -0.2) is 35.6 Å². The van der Waals surface area contributed by atoms with Crippen molar-refractivity contribution in [2.45, 2.75) is 45.5 Å². The molecule has 2 N–H and O–H groups in total. The molecule has 108 valence electrons. The molecule has 0 radical (unpaired) electrons. The molecule has 0 aromatic heterocycles. The zero-order chi connectivity index (χ0) is 14.5. The van der Waals surface area contributed by atoms with Crippen LogP contribution in [-0.2, 0) is 10.3 Å². The summed E-state index contributed by atoms with van der Waals surface area (Å²) in [4.78, 5) is 0. The van der Waals surface area contributed by atoms with Crippen LogP contribution in [0.2, 0.25) is 0 Å². The Labute approximate surface area is 115 Å². The number of hydrogen-bond acceptors (Lipinski definition) is 4. The zero-order valence-electron chi connectivity index (χ0n) is 12.1. The number of rotatable bonds is 7. The van der Waals surface area contributed by atoms with Gasteiger partial charge in [0.05, 0.1) is 18.3 Å². The highest BCUT2D eigenvalue weighted by molar-refractivity contribution is 5.30. The molecule has 1 unspecified atom stereocenters. The molecule has 4 nitrogen and oxygen atoms in total. The Bertz CT molecular complexity index is 365. The summed E-state index contributed by atoms with van der Waals surface area (Å²) < 4.78 is 10.7. The molecular weight excluding hydrogens is 244 g/mol. The topological polar surface area (TPSA) is 58.9 Å². The number of benzene rings is 1. The Morgan fingerprint density at radius 2 is 1.68 bits per heavy atom. The second-order valence-electron chi connectivity index (χ2n) is 5.43. The summed E-state index contributed by atoms with van der Waals surface area (Å²) in [6, 6.07) is 7.19. The lowest BCUT2D eigenvalue weighted by atomic mass is 9.99. The molecule has 1 aromatic rings. The van der Waals surface area contributed by atoms with Crippen molar-refractivity contribution in [2.24, 2.45) is 0 Å². The Hall–Kier alpha value is -1.10. The van der Waals surface area contributed by atoms with Gasteiger partial charge in [0.15, 0.2) is 0 Å². The predicted octanol–water partition coefficient (Wildman–Crippen LogP) is 2.08. The van der Waals surface area contributed by atoms with Gasteiger partial charge < -0.3 is 19.7 Å². The molecule has 19 heavy (non-hydrogen) atoms. The van der Waals surface area contributed by atoms with Crippen LogP contribution in [0.3, 0.4) is 0 Å². The Kier molecular flexibility index (Phi) is 5.79. The molecule has 0 aliphatic heterocycles. The quantitative estimate of drug-likeness (QED) is 0.795. The fourth-order valence-electron chi connectivity index (χ4n) is 1.50. The van der Waals surface area contributed by atoms with Crippen molar-refractivity contribution in [3.05, 3.63) is 29.8 Å². The summed E-state index contributed by atoms with van der Waals surface area (Å²) in [5.41, 5.74) is -0.0353. The largest absolute Gasteiger partial charge is 0.491 e. The smallest absolute Gasteiger partial charge is 0.119 e. The first-order chi connectivity index (χ1) is 8.79. The van der Waals surface area contributed by atoms with Gasteiger partial charge in [-0.15, -0.1) is 0 Å². The fraction of sp³-hybridized carbons (Fsp3) is 0.600. The first kappa shape index (κ1) is 16.0. The molecule has 0 heterocycles. The van der Waals surface area contributed by atoms with E-state index in [1.807, 2.05) is 26.0 Å². The molecule has 1 aromatic carbocycles. The van der Waals surface area contributed by atoms with Gasteiger partial charge in [-0.3, -0.25) is 0 Å². The van der Waals surface area contributed by atoms with Crippen molar-refractivity contribution in [1.29, 1.82) is 0 Å². The monoisotopic (exact) mass is 268 g/mol. The van der Waals surface area contributed by atoms with Crippen LogP contribution < -0.4 is 4.74 Å². The SMILES string of the molecule is CC(C)OCC(O)COc1ccc(C(C)(C)O)cc1. The Morgan fingerprint density at radius 3 is 2.16 bits per heavy atom. The molecule has 4 heteroatoms. The summed E-state index contributed by atoms with van der Waals surface area (Å²) in [5.74, 6) is 0.664. The standard InChI is InChI=1S/C15H24O4/c1-11(2)18-9-13(16)10-19-14-7-5-12(6-8-14)15(3,4)17/h5-8,11,13,16-17H,9-10H2,1-4H3. The molecule has 1 atom stereocenters. The average molecular weight is 268 g/mol. The van der Waals surface area contributed by atoms with Crippen LogP contribution in [0.15, 0.2) is 24.3 Å². The van der Waals surface area contributed by atoms with Crippen LogP contribution in [0, 0.1) is 0 Å². The van der Waals surface area contributed by atoms with Gasteiger partial charge in [-0.25, -0.2) is 0 Å². The van der Waals surface area contributed by atoms with E-state index >= 15 is 0 Å². The number of hydrogen-bond donors (Lipinski definition) is 2. The highest BCUT2D eigenvalue weighted by Gasteiger charge is 2.15. The first-order valence-electron chi connectivity index (χ1n) is 6.54. The highest BCUT2D eigenvalue weighted by Crippen LogP contribution is 2.22. The van der Waals surface area contributed by atoms with Gasteiger partial charge in [0, 0.05) is 0 Å². The molecule has 0 aliphatic carbocycles. The highest BCUT2D eigenvalue weighted by atomic mass is 16.5. The van der Waals surface area contributed by atoms with Crippen molar-refractivity contribution in [3.63, 3.8) is 0 Å². The van der Waals surface area contributed by atoms with E-state index in [0.717, 1.165) is 5.56 Å². The van der Waals surface area contributed by atoms with Crippen LogP contribution in [0.25, 0.3) is 0 Å². The lowest BCUT2D eigenvalue weighted by Gasteiger charge is -2.18. The minimum Gasteiger partial charge on any atom is -0.491 e. The van der Waals surface area contributed by atoms with Gasteiger partial charge in [0.2, 0.25) is 0 Å². The van der Waals surface area contributed by atoms with Crippen molar-refractivity contribution in [1.82, 2.24) is 0 Å². The van der Waals surface area contributed by atoms with Crippen LogP contribution in [0.1, 0.15) is 33.3 Å². The van der Waals surface area contributed by atoms with E-state index in [9.17, 15) is 10.2 Å². The van der Waals surface area contributed by atoms with Gasteiger partial charge in [0.25, 0.3) is 0 Å². The van der Waals surface area contributed by atoms with Crippen molar-refractivity contribution in [3.8, 4) is 5.75 Å². The number of ether oxygens (including phenoxy) is 2. The summed E-state index contributed by atoms with van der Waals surface area (Å²) in [5, 5.41) is 19.5. The summed E-state index contributed by atoms with van der Waals surface area (Å²) >= 11 is 0. The molecule has 0 fully saturated rings. The van der Waals surface area contributed by atoms with Gasteiger partial charge in [-0.1, -0.05) is 12.1 Å². The van der Waals surface area contributed by atoms with E-state index in [0.29, 0.717) is 5.75 Å². The third kappa shape index (κ3) is 6.05. The van der Waals surface area contributed by atoms with Crippen LogP contribution in [0.5, 0.6) is 5.75 Å².